The van der Waals surface area contributed by atoms with Crippen molar-refractivity contribution in [3.8, 4) is 0 Å². The van der Waals surface area contributed by atoms with Crippen LogP contribution in [0.15, 0.2) is 36.4 Å². The van der Waals surface area contributed by atoms with Crippen LogP contribution in [-0.2, 0) is 6.42 Å². The van der Waals surface area contributed by atoms with Gasteiger partial charge in [-0.25, -0.2) is 4.39 Å². The number of halogens is 1. The monoisotopic (exact) mass is 232 g/mol. The second-order valence-electron chi connectivity index (χ2n) is 4.38. The topological polar surface area (TPSA) is 38.9 Å². The highest BCUT2D eigenvalue weighted by Crippen LogP contribution is 2.21. The van der Waals surface area contributed by atoms with Crippen LogP contribution in [0.4, 0.5) is 4.39 Å². The predicted octanol–water partition coefficient (Wildman–Crippen LogP) is 2.85. The summed E-state index contributed by atoms with van der Waals surface area (Å²) in [5.74, 6) is 0. The Morgan fingerprint density at radius 3 is 2.71 bits per heavy atom. The van der Waals surface area contributed by atoms with Gasteiger partial charge in [-0.3, -0.25) is 4.98 Å². The molecule has 0 amide bonds. The van der Waals surface area contributed by atoms with Gasteiger partial charge in [0.1, 0.15) is 5.67 Å². The van der Waals surface area contributed by atoms with Crippen LogP contribution < -0.4 is 5.73 Å². The Labute approximate surface area is 101 Å². The van der Waals surface area contributed by atoms with E-state index in [-0.39, 0.29) is 13.0 Å². The summed E-state index contributed by atoms with van der Waals surface area (Å²) < 4.78 is 14.2. The van der Waals surface area contributed by atoms with Gasteiger partial charge in [-0.1, -0.05) is 31.2 Å². The standard InChI is InChI=1S/C14H17FN2/c1-2-14(15,10-16)9-12-8-7-11-5-3-4-6-13(11)17-12/h3-8H,2,9-10,16H2,1H3. The Morgan fingerprint density at radius 2 is 2.00 bits per heavy atom. The van der Waals surface area contributed by atoms with Crippen LogP contribution in [0.1, 0.15) is 19.0 Å². The summed E-state index contributed by atoms with van der Waals surface area (Å²) in [5, 5.41) is 1.07. The van der Waals surface area contributed by atoms with E-state index in [1.165, 1.54) is 0 Å². The normalized spacial score (nSPS) is 14.8. The maximum absolute atomic E-state index is 14.2. The van der Waals surface area contributed by atoms with Crippen molar-refractivity contribution in [1.82, 2.24) is 4.98 Å². The molecule has 17 heavy (non-hydrogen) atoms. The quantitative estimate of drug-likeness (QED) is 0.880. The molecule has 0 bridgehead atoms. The molecule has 0 aliphatic heterocycles. The van der Waals surface area contributed by atoms with Crippen LogP contribution >= 0.6 is 0 Å². The lowest BCUT2D eigenvalue weighted by atomic mass is 9.96. The Kier molecular flexibility index (Phi) is 3.38. The molecule has 0 saturated heterocycles. The second kappa shape index (κ2) is 4.80. The number of aromatic nitrogens is 1. The molecule has 1 heterocycles. The molecule has 2 N–H and O–H groups in total. The minimum Gasteiger partial charge on any atom is -0.328 e. The first-order chi connectivity index (χ1) is 8.17. The molecule has 1 unspecified atom stereocenters. The third-order valence-corrected chi connectivity index (χ3v) is 3.15. The lowest BCUT2D eigenvalue weighted by Gasteiger charge is -2.21. The molecule has 1 atom stereocenters. The summed E-state index contributed by atoms with van der Waals surface area (Å²) in [6, 6.07) is 11.7. The number of rotatable bonds is 4. The average molecular weight is 232 g/mol. The first-order valence-electron chi connectivity index (χ1n) is 5.90. The average Bonchev–Trinajstić information content (AvgIpc) is 2.38. The van der Waals surface area contributed by atoms with E-state index >= 15 is 0 Å². The number of benzene rings is 1. The summed E-state index contributed by atoms with van der Waals surface area (Å²) in [7, 11) is 0. The fourth-order valence-corrected chi connectivity index (χ4v) is 1.87. The van der Waals surface area contributed by atoms with Crippen molar-refractivity contribution < 1.29 is 4.39 Å². The molecule has 2 nitrogen and oxygen atoms in total. The van der Waals surface area contributed by atoms with Gasteiger partial charge in [0, 0.05) is 24.0 Å². The predicted molar refractivity (Wildman–Crippen MR) is 68.6 cm³/mol. The molecule has 1 aromatic heterocycles. The Bertz CT molecular complexity index is 506. The van der Waals surface area contributed by atoms with Gasteiger partial charge in [0.05, 0.1) is 5.52 Å². The molecule has 0 saturated carbocycles. The van der Waals surface area contributed by atoms with Crippen LogP contribution in [-0.4, -0.2) is 17.2 Å². The molecular formula is C14H17FN2. The highest BCUT2D eigenvalue weighted by molar-refractivity contribution is 5.78. The van der Waals surface area contributed by atoms with Crippen molar-refractivity contribution in [2.75, 3.05) is 6.54 Å². The molecule has 0 fully saturated rings. The zero-order valence-electron chi connectivity index (χ0n) is 9.99. The van der Waals surface area contributed by atoms with E-state index in [0.717, 1.165) is 16.6 Å². The van der Waals surface area contributed by atoms with Crippen molar-refractivity contribution >= 4 is 10.9 Å². The number of pyridine rings is 1. The molecule has 0 radical (unpaired) electrons. The van der Waals surface area contributed by atoms with Gasteiger partial charge in [0.25, 0.3) is 0 Å². The first kappa shape index (κ1) is 12.0. The maximum atomic E-state index is 14.2. The Balaban J connectivity index is 2.31. The lowest BCUT2D eigenvalue weighted by molar-refractivity contribution is 0.166. The molecule has 90 valence electrons. The van der Waals surface area contributed by atoms with E-state index in [2.05, 4.69) is 4.98 Å². The fourth-order valence-electron chi connectivity index (χ4n) is 1.87. The van der Waals surface area contributed by atoms with Crippen molar-refractivity contribution in [3.05, 3.63) is 42.1 Å². The van der Waals surface area contributed by atoms with Crippen molar-refractivity contribution in [3.63, 3.8) is 0 Å². The summed E-state index contributed by atoms with van der Waals surface area (Å²) in [4.78, 5) is 4.46. The third-order valence-electron chi connectivity index (χ3n) is 3.15. The summed E-state index contributed by atoms with van der Waals surface area (Å²) in [5.41, 5.74) is 5.80. The first-order valence-corrected chi connectivity index (χ1v) is 5.90. The van der Waals surface area contributed by atoms with Crippen LogP contribution in [0.5, 0.6) is 0 Å². The van der Waals surface area contributed by atoms with Crippen LogP contribution in [0.2, 0.25) is 0 Å². The van der Waals surface area contributed by atoms with Gasteiger partial charge >= 0.3 is 0 Å². The number of hydrogen-bond acceptors (Lipinski definition) is 2. The molecule has 0 aliphatic rings. The number of hydrogen-bond donors (Lipinski definition) is 1. The lowest BCUT2D eigenvalue weighted by Crippen LogP contribution is -2.34. The fraction of sp³-hybridized carbons (Fsp3) is 0.357. The molecule has 0 aliphatic carbocycles. The van der Waals surface area contributed by atoms with E-state index in [1.54, 1.807) is 0 Å². The van der Waals surface area contributed by atoms with Crippen LogP contribution in [0.25, 0.3) is 10.9 Å². The zero-order chi connectivity index (χ0) is 12.3. The molecule has 3 heteroatoms. The zero-order valence-corrected chi connectivity index (χ0v) is 9.99. The van der Waals surface area contributed by atoms with E-state index in [0.29, 0.717) is 6.42 Å². The highest BCUT2D eigenvalue weighted by atomic mass is 19.1. The number of alkyl halides is 1. The van der Waals surface area contributed by atoms with E-state index in [1.807, 2.05) is 43.3 Å². The molecule has 1 aromatic carbocycles. The summed E-state index contributed by atoms with van der Waals surface area (Å²) in [6.07, 6.45) is 0.697. The maximum Gasteiger partial charge on any atom is 0.128 e. The smallest absolute Gasteiger partial charge is 0.128 e. The molecule has 2 rings (SSSR count). The minimum absolute atomic E-state index is 0.0397. The van der Waals surface area contributed by atoms with Gasteiger partial charge in [0.15, 0.2) is 0 Å². The van der Waals surface area contributed by atoms with Crippen molar-refractivity contribution in [1.29, 1.82) is 0 Å². The number of fused-ring (bicyclic) bond motifs is 1. The molecular weight excluding hydrogens is 215 g/mol. The summed E-state index contributed by atoms with van der Waals surface area (Å²) in [6.45, 7) is 1.85. The Hall–Kier alpha value is -1.48. The third kappa shape index (κ3) is 2.61. The van der Waals surface area contributed by atoms with Gasteiger partial charge in [-0.2, -0.15) is 0 Å². The Morgan fingerprint density at radius 1 is 1.24 bits per heavy atom. The van der Waals surface area contributed by atoms with Crippen molar-refractivity contribution in [2.45, 2.75) is 25.4 Å². The van der Waals surface area contributed by atoms with Crippen LogP contribution in [0.3, 0.4) is 0 Å². The highest BCUT2D eigenvalue weighted by Gasteiger charge is 2.26. The minimum atomic E-state index is -1.34. The largest absolute Gasteiger partial charge is 0.328 e. The van der Waals surface area contributed by atoms with Crippen molar-refractivity contribution in [2.24, 2.45) is 5.73 Å². The molecule has 0 spiro atoms. The van der Waals surface area contributed by atoms with Gasteiger partial charge in [-0.15, -0.1) is 0 Å². The van der Waals surface area contributed by atoms with Gasteiger partial charge < -0.3 is 5.73 Å². The number of para-hydroxylation sites is 1. The van der Waals surface area contributed by atoms with E-state index in [4.69, 9.17) is 5.73 Å². The number of nitrogens with zero attached hydrogens (tertiary/aromatic N) is 1. The molecule has 2 aromatic rings. The SMILES string of the molecule is CCC(F)(CN)Cc1ccc2ccccc2n1. The van der Waals surface area contributed by atoms with Gasteiger partial charge in [-0.05, 0) is 18.6 Å². The van der Waals surface area contributed by atoms with E-state index < -0.39 is 5.67 Å². The second-order valence-corrected chi connectivity index (χ2v) is 4.38. The van der Waals surface area contributed by atoms with Gasteiger partial charge in [0.2, 0.25) is 0 Å². The van der Waals surface area contributed by atoms with Crippen LogP contribution in [0, 0.1) is 0 Å². The van der Waals surface area contributed by atoms with E-state index in [9.17, 15) is 4.39 Å². The summed E-state index contributed by atoms with van der Waals surface area (Å²) >= 11 is 0. The number of nitrogens with two attached hydrogens (primary N) is 1.